The molecule has 5 rings (SSSR count). The number of allylic oxidation sites excluding steroid dienone is 1. The Hall–Kier alpha value is -3.73. The number of oxazole rings is 1. The van der Waals surface area contributed by atoms with E-state index in [9.17, 15) is 9.59 Å². The summed E-state index contributed by atoms with van der Waals surface area (Å²) in [6.45, 7) is 7.04. The minimum Gasteiger partial charge on any atom is -0.417 e. The van der Waals surface area contributed by atoms with Gasteiger partial charge in [-0.05, 0) is 12.1 Å². The molecule has 0 N–H and O–H groups in total. The average molecular weight is 449 g/mol. The number of benzene rings is 2. The van der Waals surface area contributed by atoms with E-state index in [1.807, 2.05) is 0 Å². The number of halogens is 2. The van der Waals surface area contributed by atoms with E-state index in [4.69, 9.17) is 34.2 Å². The lowest BCUT2D eigenvalue weighted by atomic mass is 10.1. The summed E-state index contributed by atoms with van der Waals surface area (Å²) in [6, 6.07) is 9.77. The molecule has 150 valence electrons. The topological polar surface area (TPSA) is 82.3 Å². The molecule has 4 aromatic rings. The van der Waals surface area contributed by atoms with Crippen LogP contribution in [-0.4, -0.2) is 26.1 Å². The molecule has 0 saturated carbocycles. The Morgan fingerprint density at radius 2 is 1.65 bits per heavy atom. The van der Waals surface area contributed by atoms with Gasteiger partial charge >= 0.3 is 0 Å². The van der Waals surface area contributed by atoms with E-state index in [0.29, 0.717) is 17.2 Å². The summed E-state index contributed by atoms with van der Waals surface area (Å²) in [5.74, 6) is -0.227. The van der Waals surface area contributed by atoms with Crippen molar-refractivity contribution >= 4 is 57.9 Å². The van der Waals surface area contributed by atoms with Gasteiger partial charge in [0.1, 0.15) is 5.82 Å². The molecule has 2 heterocycles. The number of imidazole rings is 1. The van der Waals surface area contributed by atoms with Crippen molar-refractivity contribution in [3.05, 3.63) is 80.5 Å². The second-order valence-corrected chi connectivity index (χ2v) is 7.68. The summed E-state index contributed by atoms with van der Waals surface area (Å²) in [6.07, 6.45) is 1.30. The quantitative estimate of drug-likeness (QED) is 0.228. The minimum atomic E-state index is -0.464. The lowest BCUT2D eigenvalue weighted by Crippen LogP contribution is -2.00. The molecular weight excluding hydrogens is 439 g/mol. The zero-order valence-corrected chi connectivity index (χ0v) is 17.3. The van der Waals surface area contributed by atoms with Crippen molar-refractivity contribution in [1.82, 2.24) is 14.5 Å². The van der Waals surface area contributed by atoms with Crippen molar-refractivity contribution < 1.29 is 14.0 Å². The van der Waals surface area contributed by atoms with Crippen molar-refractivity contribution in [3.8, 4) is 11.4 Å². The number of hydrogen-bond acceptors (Lipinski definition) is 5. The van der Waals surface area contributed by atoms with Gasteiger partial charge in [0.15, 0.2) is 17.3 Å². The number of nitrogens with zero attached hydrogens (tertiary/aromatic N) is 4. The molecule has 31 heavy (non-hydrogen) atoms. The Kier molecular flexibility index (Phi) is 4.29. The lowest BCUT2D eigenvalue weighted by Gasteiger charge is -2.01. The lowest BCUT2D eigenvalue weighted by molar-refractivity contribution is 0.0990. The van der Waals surface area contributed by atoms with Crippen LogP contribution in [0.15, 0.2) is 46.4 Å². The molecule has 0 fully saturated rings. The molecular formula is C22H10Cl2N4O3. The smallest absolute Gasteiger partial charge is 0.267 e. The average Bonchev–Trinajstić information content (AvgIpc) is 3.37. The number of ketones is 2. The number of aryl methyl sites for hydroxylation is 1. The van der Waals surface area contributed by atoms with Crippen molar-refractivity contribution in [2.45, 2.75) is 0 Å². The maximum Gasteiger partial charge on any atom is 0.267 e. The third-order valence-electron chi connectivity index (χ3n) is 5.01. The predicted molar refractivity (Wildman–Crippen MR) is 116 cm³/mol. The SMILES string of the molecule is [C-]#[N+]c1ccc(-c2nc3oc(C=C4C(=O)c5cc(Cl)c(Cl)cc5C4=O)nc3n2C)cc1. The molecule has 0 aliphatic heterocycles. The molecule has 2 aromatic carbocycles. The van der Waals surface area contributed by atoms with E-state index < -0.39 is 11.6 Å². The number of hydrogen-bond donors (Lipinski definition) is 0. The van der Waals surface area contributed by atoms with Crippen LogP contribution in [0.3, 0.4) is 0 Å². The van der Waals surface area contributed by atoms with Crippen molar-refractivity contribution in [2.75, 3.05) is 0 Å². The summed E-state index contributed by atoms with van der Waals surface area (Å²) in [4.78, 5) is 37.6. The third-order valence-corrected chi connectivity index (χ3v) is 5.73. The monoisotopic (exact) mass is 448 g/mol. The molecule has 0 bridgehead atoms. The van der Waals surface area contributed by atoms with E-state index in [1.54, 1.807) is 35.9 Å². The maximum atomic E-state index is 12.7. The van der Waals surface area contributed by atoms with Gasteiger partial charge in [0, 0.05) is 29.8 Å². The first-order valence-electron chi connectivity index (χ1n) is 8.98. The fourth-order valence-corrected chi connectivity index (χ4v) is 3.79. The highest BCUT2D eigenvalue weighted by atomic mass is 35.5. The molecule has 7 nitrogen and oxygen atoms in total. The Balaban J connectivity index is 1.53. The van der Waals surface area contributed by atoms with Gasteiger partial charge in [-0.3, -0.25) is 9.59 Å². The second-order valence-electron chi connectivity index (χ2n) is 6.86. The zero-order chi connectivity index (χ0) is 21.9. The fraction of sp³-hybridized carbons (Fsp3) is 0.0455. The molecule has 2 aromatic heterocycles. The number of fused-ring (bicyclic) bond motifs is 2. The van der Waals surface area contributed by atoms with Gasteiger partial charge in [-0.25, -0.2) is 4.85 Å². The van der Waals surface area contributed by atoms with E-state index in [1.165, 1.54) is 18.2 Å². The molecule has 0 atom stereocenters. The normalized spacial score (nSPS) is 13.0. The maximum absolute atomic E-state index is 12.7. The van der Waals surface area contributed by atoms with E-state index in [0.717, 1.165) is 5.56 Å². The van der Waals surface area contributed by atoms with Gasteiger partial charge < -0.3 is 8.98 Å². The number of carbonyl (C=O) groups is 2. The number of rotatable bonds is 2. The zero-order valence-electron chi connectivity index (χ0n) is 15.8. The largest absolute Gasteiger partial charge is 0.417 e. The van der Waals surface area contributed by atoms with Crippen molar-refractivity contribution in [1.29, 1.82) is 0 Å². The van der Waals surface area contributed by atoms with Crippen molar-refractivity contribution in [3.63, 3.8) is 0 Å². The summed E-state index contributed by atoms with van der Waals surface area (Å²) in [5, 5.41) is 0.400. The molecule has 0 saturated heterocycles. The van der Waals surface area contributed by atoms with Crippen LogP contribution in [0, 0.1) is 6.57 Å². The first-order valence-corrected chi connectivity index (χ1v) is 9.74. The van der Waals surface area contributed by atoms with Crippen molar-refractivity contribution in [2.24, 2.45) is 7.05 Å². The number of aromatic nitrogens is 3. The summed E-state index contributed by atoms with van der Waals surface area (Å²) >= 11 is 12.0. The number of carbonyl (C=O) groups excluding carboxylic acids is 2. The first kappa shape index (κ1) is 19.2. The molecule has 0 amide bonds. The molecule has 0 unspecified atom stereocenters. The third kappa shape index (κ3) is 2.96. The van der Waals surface area contributed by atoms with Crippen LogP contribution >= 0.6 is 23.2 Å². The molecule has 0 spiro atoms. The highest BCUT2D eigenvalue weighted by molar-refractivity contribution is 6.46. The van der Waals surface area contributed by atoms with Gasteiger partial charge in [-0.2, -0.15) is 9.97 Å². The van der Waals surface area contributed by atoms with Crippen LogP contribution in [0.5, 0.6) is 0 Å². The Bertz CT molecular complexity index is 1460. The van der Waals surface area contributed by atoms with Gasteiger partial charge in [0.05, 0.1) is 22.2 Å². The Labute approximate surface area is 185 Å². The summed E-state index contributed by atoms with van der Waals surface area (Å²) in [7, 11) is 1.78. The van der Waals surface area contributed by atoms with Crippen LogP contribution in [-0.2, 0) is 7.05 Å². The fourth-order valence-electron chi connectivity index (χ4n) is 3.46. The van der Waals surface area contributed by atoms with E-state index in [-0.39, 0.29) is 38.3 Å². The van der Waals surface area contributed by atoms with E-state index >= 15 is 0 Å². The van der Waals surface area contributed by atoms with Gasteiger partial charge in [-0.1, -0.05) is 47.5 Å². The van der Waals surface area contributed by atoms with Crippen LogP contribution in [0.1, 0.15) is 26.6 Å². The second kappa shape index (κ2) is 6.91. The Morgan fingerprint density at radius 1 is 1.03 bits per heavy atom. The van der Waals surface area contributed by atoms with Gasteiger partial charge in [0.25, 0.3) is 5.71 Å². The van der Waals surface area contributed by atoms with Gasteiger partial charge in [-0.15, -0.1) is 0 Å². The summed E-state index contributed by atoms with van der Waals surface area (Å²) < 4.78 is 7.41. The highest BCUT2D eigenvalue weighted by Gasteiger charge is 2.34. The predicted octanol–water partition coefficient (Wildman–Crippen LogP) is 5.55. The van der Waals surface area contributed by atoms with Crippen LogP contribution < -0.4 is 0 Å². The Morgan fingerprint density at radius 3 is 2.19 bits per heavy atom. The standard InChI is InChI=1S/C22H10Cl2N4O3/c1-25-11-5-3-10(4-6-11)20-27-22-21(28(20)2)26-17(31-22)9-14-18(29)12-7-15(23)16(24)8-13(12)19(14)30/h3-9H,2H3. The molecule has 9 heteroatoms. The number of Topliss-reactive ketones (excluding diaryl/α,β-unsaturated/α-hetero) is 2. The first-order chi connectivity index (χ1) is 14.9. The molecule has 1 aliphatic rings. The van der Waals surface area contributed by atoms with Crippen LogP contribution in [0.2, 0.25) is 10.0 Å². The van der Waals surface area contributed by atoms with Crippen LogP contribution in [0.25, 0.3) is 33.7 Å². The van der Waals surface area contributed by atoms with Gasteiger partial charge in [0.2, 0.25) is 11.5 Å². The van der Waals surface area contributed by atoms with Crippen LogP contribution in [0.4, 0.5) is 5.69 Å². The van der Waals surface area contributed by atoms with E-state index in [2.05, 4.69) is 14.8 Å². The molecule has 1 aliphatic carbocycles. The highest BCUT2D eigenvalue weighted by Crippen LogP contribution is 2.34. The summed E-state index contributed by atoms with van der Waals surface area (Å²) in [5.41, 5.74) is 2.37. The minimum absolute atomic E-state index is 0.0742. The molecule has 0 radical (unpaired) electrons.